The van der Waals surface area contributed by atoms with E-state index >= 15 is 0 Å². The summed E-state index contributed by atoms with van der Waals surface area (Å²) in [6, 6.07) is 0. The second-order valence-electron chi connectivity index (χ2n) is 2.55. The second-order valence-corrected chi connectivity index (χ2v) is 2.55. The minimum atomic E-state index is -0.387. The van der Waals surface area contributed by atoms with E-state index in [4.69, 9.17) is 14.2 Å². The van der Waals surface area contributed by atoms with Crippen molar-refractivity contribution in [3.63, 3.8) is 0 Å². The van der Waals surface area contributed by atoms with Crippen molar-refractivity contribution >= 4 is 11.9 Å². The van der Waals surface area contributed by atoms with Gasteiger partial charge < -0.3 is 14.2 Å². The molecule has 0 saturated carbocycles. The van der Waals surface area contributed by atoms with Gasteiger partial charge in [-0.15, -0.1) is 0 Å². The largest absolute Gasteiger partial charge is 0.463 e. The van der Waals surface area contributed by atoms with Crippen molar-refractivity contribution in [2.75, 3.05) is 26.4 Å². The molecule has 0 N–H and O–H groups in total. The third kappa shape index (κ3) is 4.47. The van der Waals surface area contributed by atoms with E-state index in [0.717, 1.165) is 0 Å². The van der Waals surface area contributed by atoms with Gasteiger partial charge in [0.15, 0.2) is 0 Å². The van der Waals surface area contributed by atoms with Crippen molar-refractivity contribution in [3.8, 4) is 0 Å². The van der Waals surface area contributed by atoms with Crippen LogP contribution in [-0.2, 0) is 23.8 Å². The number of hydrogen-bond acceptors (Lipinski definition) is 5. The maximum atomic E-state index is 10.9. The van der Waals surface area contributed by atoms with Gasteiger partial charge in [-0.2, -0.15) is 0 Å². The smallest absolute Gasteiger partial charge is 0.306 e. The maximum absolute atomic E-state index is 10.9. The van der Waals surface area contributed by atoms with Crippen LogP contribution in [0.3, 0.4) is 0 Å². The van der Waals surface area contributed by atoms with Gasteiger partial charge in [-0.1, -0.05) is 0 Å². The SMILES string of the molecule is O=C1CCC(=O)OCCOCCO1. The van der Waals surface area contributed by atoms with Crippen molar-refractivity contribution in [2.24, 2.45) is 0 Å². The van der Waals surface area contributed by atoms with E-state index in [1.807, 2.05) is 0 Å². The van der Waals surface area contributed by atoms with Crippen LogP contribution in [0.5, 0.6) is 0 Å². The lowest BCUT2D eigenvalue weighted by atomic mass is 10.3. The van der Waals surface area contributed by atoms with Crippen molar-refractivity contribution in [3.05, 3.63) is 0 Å². The Morgan fingerprint density at radius 3 is 1.69 bits per heavy atom. The average Bonchev–Trinajstić information content (AvgIpc) is 2.15. The zero-order valence-corrected chi connectivity index (χ0v) is 7.28. The van der Waals surface area contributed by atoms with Gasteiger partial charge in [0.1, 0.15) is 13.2 Å². The van der Waals surface area contributed by atoms with Gasteiger partial charge in [0, 0.05) is 0 Å². The first-order valence-electron chi connectivity index (χ1n) is 4.18. The Bertz CT molecular complexity index is 169. The maximum Gasteiger partial charge on any atom is 0.306 e. The lowest BCUT2D eigenvalue weighted by molar-refractivity contribution is -0.149. The molecule has 0 bridgehead atoms. The molecule has 0 atom stereocenters. The first kappa shape index (κ1) is 9.98. The Morgan fingerprint density at radius 1 is 0.769 bits per heavy atom. The number of carbonyl (C=O) groups excluding carboxylic acids is 2. The molecule has 74 valence electrons. The monoisotopic (exact) mass is 188 g/mol. The summed E-state index contributed by atoms with van der Waals surface area (Å²) >= 11 is 0. The lowest BCUT2D eigenvalue weighted by Gasteiger charge is -2.02. The van der Waals surface area contributed by atoms with Gasteiger partial charge in [-0.3, -0.25) is 9.59 Å². The topological polar surface area (TPSA) is 61.8 Å². The average molecular weight is 188 g/mol. The van der Waals surface area contributed by atoms with Crippen molar-refractivity contribution < 1.29 is 23.8 Å². The summed E-state index contributed by atoms with van der Waals surface area (Å²) in [5.41, 5.74) is 0. The fourth-order valence-electron chi connectivity index (χ4n) is 0.879. The molecule has 0 aliphatic carbocycles. The summed E-state index contributed by atoms with van der Waals surface area (Å²) in [4.78, 5) is 21.7. The first-order valence-corrected chi connectivity index (χ1v) is 4.18. The first-order chi connectivity index (χ1) is 6.29. The number of hydrogen-bond donors (Lipinski definition) is 0. The van der Waals surface area contributed by atoms with Crippen LogP contribution >= 0.6 is 0 Å². The zero-order chi connectivity index (χ0) is 9.52. The summed E-state index contributed by atoms with van der Waals surface area (Å²) in [7, 11) is 0. The van der Waals surface area contributed by atoms with Gasteiger partial charge in [0.25, 0.3) is 0 Å². The summed E-state index contributed by atoms with van der Waals surface area (Å²) in [6.07, 6.45) is 0.164. The van der Waals surface area contributed by atoms with Crippen LogP contribution in [0.25, 0.3) is 0 Å². The van der Waals surface area contributed by atoms with Crippen LogP contribution < -0.4 is 0 Å². The highest BCUT2D eigenvalue weighted by Gasteiger charge is 2.10. The van der Waals surface area contributed by atoms with E-state index in [2.05, 4.69) is 0 Å². The highest BCUT2D eigenvalue weighted by Crippen LogP contribution is 1.97. The molecule has 0 aromatic heterocycles. The Hall–Kier alpha value is -1.10. The van der Waals surface area contributed by atoms with Gasteiger partial charge in [-0.25, -0.2) is 0 Å². The predicted octanol–water partition coefficient (Wildman–Crippen LogP) is -0.117. The Morgan fingerprint density at radius 2 is 1.23 bits per heavy atom. The zero-order valence-electron chi connectivity index (χ0n) is 7.28. The lowest BCUT2D eigenvalue weighted by Crippen LogP contribution is -2.10. The summed E-state index contributed by atoms with van der Waals surface area (Å²) < 4.78 is 14.5. The molecule has 1 saturated heterocycles. The minimum absolute atomic E-state index is 0.0822. The van der Waals surface area contributed by atoms with E-state index in [1.165, 1.54) is 0 Å². The van der Waals surface area contributed by atoms with Crippen LogP contribution in [0.1, 0.15) is 12.8 Å². The van der Waals surface area contributed by atoms with Crippen LogP contribution in [0.2, 0.25) is 0 Å². The van der Waals surface area contributed by atoms with E-state index < -0.39 is 0 Å². The van der Waals surface area contributed by atoms with E-state index in [1.54, 1.807) is 0 Å². The quantitative estimate of drug-likeness (QED) is 0.496. The standard InChI is InChI=1S/C8H12O5/c9-7-1-2-8(10)13-6-4-11-3-5-12-7/h1-6H2. The molecule has 1 aliphatic rings. The summed E-state index contributed by atoms with van der Waals surface area (Å²) in [5.74, 6) is -0.773. The van der Waals surface area contributed by atoms with E-state index in [0.29, 0.717) is 13.2 Å². The number of ether oxygens (including phenoxy) is 3. The highest BCUT2D eigenvalue weighted by molar-refractivity contribution is 5.77. The predicted molar refractivity (Wildman–Crippen MR) is 42.0 cm³/mol. The molecule has 0 aromatic carbocycles. The molecule has 5 heteroatoms. The Kier molecular flexibility index (Phi) is 4.25. The number of cyclic esters (lactones) is 2. The third-order valence-electron chi connectivity index (χ3n) is 1.51. The molecular weight excluding hydrogens is 176 g/mol. The normalized spacial score (nSPS) is 21.2. The minimum Gasteiger partial charge on any atom is -0.463 e. The Balaban J connectivity index is 2.32. The van der Waals surface area contributed by atoms with Crippen molar-refractivity contribution in [2.45, 2.75) is 12.8 Å². The molecule has 0 unspecified atom stereocenters. The fourth-order valence-corrected chi connectivity index (χ4v) is 0.879. The molecule has 0 amide bonds. The molecule has 1 rings (SSSR count). The molecule has 13 heavy (non-hydrogen) atoms. The molecular formula is C8H12O5. The van der Waals surface area contributed by atoms with Crippen molar-refractivity contribution in [1.29, 1.82) is 0 Å². The third-order valence-corrected chi connectivity index (χ3v) is 1.51. The molecule has 0 aromatic rings. The molecule has 0 spiro atoms. The fraction of sp³-hybridized carbons (Fsp3) is 0.750. The van der Waals surface area contributed by atoms with Crippen molar-refractivity contribution in [1.82, 2.24) is 0 Å². The van der Waals surface area contributed by atoms with Gasteiger partial charge in [-0.05, 0) is 0 Å². The van der Waals surface area contributed by atoms with Gasteiger partial charge in [0.05, 0.1) is 26.1 Å². The van der Waals surface area contributed by atoms with Gasteiger partial charge >= 0.3 is 11.9 Å². The van der Waals surface area contributed by atoms with E-state index in [-0.39, 0.29) is 38.0 Å². The van der Waals surface area contributed by atoms with Crippen LogP contribution in [0.15, 0.2) is 0 Å². The number of rotatable bonds is 0. The summed E-state index contributed by atoms with van der Waals surface area (Å²) in [6.45, 7) is 1.19. The highest BCUT2D eigenvalue weighted by atomic mass is 16.6. The molecule has 1 fully saturated rings. The van der Waals surface area contributed by atoms with Crippen LogP contribution in [0.4, 0.5) is 0 Å². The second kappa shape index (κ2) is 5.53. The Labute approximate surface area is 76.0 Å². The molecule has 0 radical (unpaired) electrons. The summed E-state index contributed by atoms with van der Waals surface area (Å²) in [5, 5.41) is 0. The molecule has 1 heterocycles. The number of esters is 2. The molecule has 5 nitrogen and oxygen atoms in total. The van der Waals surface area contributed by atoms with E-state index in [9.17, 15) is 9.59 Å². The molecule has 1 aliphatic heterocycles. The number of carbonyl (C=O) groups is 2. The van der Waals surface area contributed by atoms with Crippen LogP contribution in [0, 0.1) is 0 Å². The van der Waals surface area contributed by atoms with Gasteiger partial charge in [0.2, 0.25) is 0 Å². The van der Waals surface area contributed by atoms with Crippen LogP contribution in [-0.4, -0.2) is 38.4 Å².